The minimum absolute atomic E-state index is 0.0211. The molecule has 0 spiro atoms. The highest BCUT2D eigenvalue weighted by molar-refractivity contribution is 7.10. The zero-order valence-corrected chi connectivity index (χ0v) is 15.3. The van der Waals surface area contributed by atoms with Crippen LogP contribution in [0.4, 0.5) is 5.69 Å². The Bertz CT molecular complexity index is 803. The molecule has 0 saturated heterocycles. The maximum absolute atomic E-state index is 12.5. The summed E-state index contributed by atoms with van der Waals surface area (Å²) in [6, 6.07) is 21.0. The van der Waals surface area contributed by atoms with Crippen LogP contribution in [-0.2, 0) is 4.79 Å². The van der Waals surface area contributed by atoms with Crippen LogP contribution < -0.4 is 10.6 Å². The van der Waals surface area contributed by atoms with E-state index < -0.39 is 0 Å². The van der Waals surface area contributed by atoms with Gasteiger partial charge in [-0.25, -0.2) is 0 Å². The third kappa shape index (κ3) is 4.69. The molecular formula is C20H19ClN2OS. The van der Waals surface area contributed by atoms with Crippen molar-refractivity contribution in [3.05, 3.63) is 87.6 Å². The molecule has 0 fully saturated rings. The lowest BCUT2D eigenvalue weighted by Gasteiger charge is -2.22. The smallest absolute Gasteiger partial charge is 0.241 e. The normalized spacial score (nSPS) is 13.2. The lowest BCUT2D eigenvalue weighted by atomic mass is 10.0. The molecule has 2 N–H and O–H groups in total. The molecule has 2 atom stereocenters. The highest BCUT2D eigenvalue weighted by atomic mass is 35.5. The van der Waals surface area contributed by atoms with Crippen molar-refractivity contribution in [2.75, 3.05) is 5.32 Å². The number of anilines is 1. The highest BCUT2D eigenvalue weighted by Gasteiger charge is 2.21. The van der Waals surface area contributed by atoms with E-state index in [2.05, 4.69) is 28.8 Å². The summed E-state index contributed by atoms with van der Waals surface area (Å²) in [4.78, 5) is 13.7. The summed E-state index contributed by atoms with van der Waals surface area (Å²) in [7, 11) is 0. The maximum atomic E-state index is 12.5. The molecule has 2 aromatic carbocycles. The van der Waals surface area contributed by atoms with Gasteiger partial charge in [0.15, 0.2) is 0 Å². The Morgan fingerprint density at radius 2 is 1.72 bits per heavy atom. The molecule has 128 valence electrons. The van der Waals surface area contributed by atoms with E-state index in [0.29, 0.717) is 5.02 Å². The van der Waals surface area contributed by atoms with Gasteiger partial charge in [-0.15, -0.1) is 11.3 Å². The van der Waals surface area contributed by atoms with Gasteiger partial charge in [0.1, 0.15) is 0 Å². The Morgan fingerprint density at radius 3 is 2.36 bits per heavy atom. The second kappa shape index (κ2) is 8.30. The molecule has 3 aromatic rings. The van der Waals surface area contributed by atoms with Crippen molar-refractivity contribution in [2.24, 2.45) is 0 Å². The van der Waals surface area contributed by atoms with E-state index >= 15 is 0 Å². The van der Waals surface area contributed by atoms with E-state index in [1.54, 1.807) is 35.6 Å². The van der Waals surface area contributed by atoms with Crippen LogP contribution in [0.2, 0.25) is 5.02 Å². The van der Waals surface area contributed by atoms with E-state index in [9.17, 15) is 4.79 Å². The molecule has 3 rings (SSSR count). The quantitative estimate of drug-likeness (QED) is 0.633. The second-order valence-corrected chi connectivity index (χ2v) is 7.16. The van der Waals surface area contributed by atoms with E-state index in [-0.39, 0.29) is 18.0 Å². The van der Waals surface area contributed by atoms with Crippen LogP contribution in [0.1, 0.15) is 23.4 Å². The number of thiophene rings is 1. The van der Waals surface area contributed by atoms with Crippen LogP contribution in [0.25, 0.3) is 0 Å². The van der Waals surface area contributed by atoms with Gasteiger partial charge in [0.05, 0.1) is 12.1 Å². The molecule has 0 bridgehead atoms. The molecule has 1 heterocycles. The Balaban J connectivity index is 1.72. The number of benzene rings is 2. The Labute approximate surface area is 156 Å². The van der Waals surface area contributed by atoms with Gasteiger partial charge in [-0.2, -0.15) is 0 Å². The molecule has 1 amide bonds. The van der Waals surface area contributed by atoms with Gasteiger partial charge in [-0.3, -0.25) is 10.1 Å². The standard InChI is InChI=1S/C20H19ClN2OS/c1-14(20(24)23-17-11-9-16(21)10-12-17)22-19(18-8-5-13-25-18)15-6-3-2-4-7-15/h2-14,19,22H,1H3,(H,23,24)/t14-,19+/m0/s1. The molecule has 0 aliphatic heterocycles. The molecule has 0 unspecified atom stereocenters. The molecule has 0 saturated carbocycles. The third-order valence-electron chi connectivity index (χ3n) is 3.88. The number of rotatable bonds is 6. The van der Waals surface area contributed by atoms with Crippen molar-refractivity contribution in [3.8, 4) is 0 Å². The van der Waals surface area contributed by atoms with Crippen molar-refractivity contribution in [2.45, 2.75) is 19.0 Å². The summed E-state index contributed by atoms with van der Waals surface area (Å²) in [5, 5.41) is 9.05. The van der Waals surface area contributed by atoms with Gasteiger partial charge in [0.2, 0.25) is 5.91 Å². The van der Waals surface area contributed by atoms with Crippen LogP contribution in [0.3, 0.4) is 0 Å². The van der Waals surface area contributed by atoms with E-state index in [1.807, 2.05) is 36.6 Å². The number of hydrogen-bond acceptors (Lipinski definition) is 3. The Morgan fingerprint density at radius 1 is 1.00 bits per heavy atom. The summed E-state index contributed by atoms with van der Waals surface area (Å²) < 4.78 is 0. The van der Waals surface area contributed by atoms with E-state index in [1.165, 1.54) is 4.88 Å². The molecule has 1 aromatic heterocycles. The van der Waals surface area contributed by atoms with Crippen LogP contribution in [-0.4, -0.2) is 11.9 Å². The summed E-state index contributed by atoms with van der Waals surface area (Å²) in [5.74, 6) is -0.0835. The van der Waals surface area contributed by atoms with Gasteiger partial charge in [0, 0.05) is 15.6 Å². The first-order valence-corrected chi connectivity index (χ1v) is 9.30. The summed E-state index contributed by atoms with van der Waals surface area (Å²) in [6.07, 6.45) is 0. The second-order valence-electron chi connectivity index (χ2n) is 5.74. The van der Waals surface area contributed by atoms with Crippen LogP contribution in [0.15, 0.2) is 72.1 Å². The predicted octanol–water partition coefficient (Wildman–Crippen LogP) is 5.11. The average molecular weight is 371 g/mol. The lowest BCUT2D eigenvalue weighted by Crippen LogP contribution is -2.40. The molecule has 5 heteroatoms. The first-order chi connectivity index (χ1) is 12.1. The van der Waals surface area contributed by atoms with Crippen molar-refractivity contribution in [1.82, 2.24) is 5.32 Å². The van der Waals surface area contributed by atoms with Crippen LogP contribution in [0.5, 0.6) is 0 Å². The van der Waals surface area contributed by atoms with Gasteiger partial charge >= 0.3 is 0 Å². The summed E-state index contributed by atoms with van der Waals surface area (Å²) in [6.45, 7) is 1.87. The molecular weight excluding hydrogens is 352 g/mol. The van der Waals surface area contributed by atoms with Gasteiger partial charge in [-0.05, 0) is 48.2 Å². The number of halogens is 1. The molecule has 25 heavy (non-hydrogen) atoms. The SMILES string of the molecule is C[C@H](N[C@H](c1ccccc1)c1cccs1)C(=O)Nc1ccc(Cl)cc1. The fourth-order valence-corrected chi connectivity index (χ4v) is 3.49. The molecule has 0 aliphatic carbocycles. The Kier molecular flexibility index (Phi) is 5.87. The van der Waals surface area contributed by atoms with Gasteiger partial charge < -0.3 is 5.32 Å². The number of nitrogens with one attached hydrogen (secondary N) is 2. The fraction of sp³-hybridized carbons (Fsp3) is 0.150. The topological polar surface area (TPSA) is 41.1 Å². The number of amides is 1. The molecule has 3 nitrogen and oxygen atoms in total. The minimum atomic E-state index is -0.358. The lowest BCUT2D eigenvalue weighted by molar-refractivity contribution is -0.117. The average Bonchev–Trinajstić information content (AvgIpc) is 3.16. The number of carbonyl (C=O) groups excluding carboxylic acids is 1. The molecule has 0 aliphatic rings. The van der Waals surface area contributed by atoms with Crippen molar-refractivity contribution >= 4 is 34.5 Å². The third-order valence-corrected chi connectivity index (χ3v) is 5.07. The van der Waals surface area contributed by atoms with Gasteiger partial charge in [0.25, 0.3) is 0 Å². The van der Waals surface area contributed by atoms with E-state index in [4.69, 9.17) is 11.6 Å². The minimum Gasteiger partial charge on any atom is -0.325 e. The van der Waals surface area contributed by atoms with Crippen molar-refractivity contribution in [3.63, 3.8) is 0 Å². The summed E-state index contributed by atoms with van der Waals surface area (Å²) in [5.41, 5.74) is 1.87. The van der Waals surface area contributed by atoms with Gasteiger partial charge in [-0.1, -0.05) is 48.0 Å². The number of hydrogen-bond donors (Lipinski definition) is 2. The molecule has 0 radical (unpaired) electrons. The largest absolute Gasteiger partial charge is 0.325 e. The van der Waals surface area contributed by atoms with Crippen molar-refractivity contribution in [1.29, 1.82) is 0 Å². The zero-order chi connectivity index (χ0) is 17.6. The number of carbonyl (C=O) groups is 1. The first-order valence-electron chi connectivity index (χ1n) is 8.04. The first kappa shape index (κ1) is 17.7. The highest BCUT2D eigenvalue weighted by Crippen LogP contribution is 2.26. The van der Waals surface area contributed by atoms with Crippen molar-refractivity contribution < 1.29 is 4.79 Å². The zero-order valence-electron chi connectivity index (χ0n) is 13.8. The fourth-order valence-electron chi connectivity index (χ4n) is 2.55. The maximum Gasteiger partial charge on any atom is 0.241 e. The Hall–Kier alpha value is -2.14. The predicted molar refractivity (Wildman–Crippen MR) is 105 cm³/mol. The monoisotopic (exact) mass is 370 g/mol. The van der Waals surface area contributed by atoms with Crippen LogP contribution in [0, 0.1) is 0 Å². The van der Waals surface area contributed by atoms with E-state index in [0.717, 1.165) is 11.3 Å². The van der Waals surface area contributed by atoms with Crippen LogP contribution >= 0.6 is 22.9 Å². The summed E-state index contributed by atoms with van der Waals surface area (Å²) >= 11 is 7.56.